The minimum atomic E-state index is -0.140. The van der Waals surface area contributed by atoms with Gasteiger partial charge in [0.15, 0.2) is 0 Å². The lowest BCUT2D eigenvalue weighted by atomic mass is 10.1. The zero-order valence-electron chi connectivity index (χ0n) is 9.40. The number of nitrogens with zero attached hydrogens (tertiary/aromatic N) is 2. The molecule has 0 spiro atoms. The van der Waals surface area contributed by atoms with Crippen LogP contribution in [0, 0.1) is 18.3 Å². The molecule has 4 heteroatoms. The topological polar surface area (TPSA) is 64.3 Å². The molecule has 0 fully saturated rings. The fourth-order valence-electron chi connectivity index (χ4n) is 1.33. The Labute approximate surface area is 94.7 Å². The van der Waals surface area contributed by atoms with Crippen molar-refractivity contribution in [2.75, 3.05) is 13.6 Å². The van der Waals surface area contributed by atoms with Crippen LogP contribution in [0.1, 0.15) is 22.3 Å². The molecule has 0 aliphatic heterocycles. The van der Waals surface area contributed by atoms with Gasteiger partial charge in [0.2, 0.25) is 0 Å². The summed E-state index contributed by atoms with van der Waals surface area (Å²) < 4.78 is 0. The third-order valence-electron chi connectivity index (χ3n) is 2.35. The lowest BCUT2D eigenvalue weighted by Crippen LogP contribution is -2.27. The summed E-state index contributed by atoms with van der Waals surface area (Å²) >= 11 is 0. The number of phenols is 1. The Bertz CT molecular complexity index is 435. The number of aryl methyl sites for hydroxylation is 1. The van der Waals surface area contributed by atoms with E-state index in [4.69, 9.17) is 5.26 Å². The zero-order chi connectivity index (χ0) is 12.1. The van der Waals surface area contributed by atoms with Gasteiger partial charge in [-0.3, -0.25) is 4.79 Å². The molecule has 16 heavy (non-hydrogen) atoms. The SMILES string of the molecule is Cc1cc(C(=O)N(C)CCC#N)ccc1O. The van der Waals surface area contributed by atoms with E-state index in [1.54, 1.807) is 26.1 Å². The number of amides is 1. The summed E-state index contributed by atoms with van der Waals surface area (Å²) in [7, 11) is 1.65. The summed E-state index contributed by atoms with van der Waals surface area (Å²) in [5, 5.41) is 17.8. The van der Waals surface area contributed by atoms with E-state index in [1.807, 2.05) is 6.07 Å². The minimum absolute atomic E-state index is 0.140. The number of carbonyl (C=O) groups excluding carboxylic acids is 1. The van der Waals surface area contributed by atoms with Crippen LogP contribution in [0.3, 0.4) is 0 Å². The maximum Gasteiger partial charge on any atom is 0.253 e. The zero-order valence-corrected chi connectivity index (χ0v) is 9.40. The van der Waals surface area contributed by atoms with Crippen molar-refractivity contribution in [2.45, 2.75) is 13.3 Å². The van der Waals surface area contributed by atoms with Gasteiger partial charge in [-0.1, -0.05) is 0 Å². The first kappa shape index (κ1) is 12.1. The molecule has 0 atom stereocenters. The molecule has 1 aromatic rings. The van der Waals surface area contributed by atoms with Crippen LogP contribution in [0.5, 0.6) is 5.75 Å². The summed E-state index contributed by atoms with van der Waals surface area (Å²) in [5.74, 6) is 0.0366. The van der Waals surface area contributed by atoms with E-state index in [-0.39, 0.29) is 11.7 Å². The van der Waals surface area contributed by atoms with Gasteiger partial charge in [0.05, 0.1) is 12.5 Å². The first-order valence-corrected chi connectivity index (χ1v) is 4.98. The van der Waals surface area contributed by atoms with Gasteiger partial charge in [0.25, 0.3) is 5.91 Å². The Hall–Kier alpha value is -2.02. The van der Waals surface area contributed by atoms with E-state index in [2.05, 4.69) is 0 Å². The predicted molar refractivity (Wildman–Crippen MR) is 60.0 cm³/mol. The van der Waals surface area contributed by atoms with Crippen molar-refractivity contribution in [3.63, 3.8) is 0 Å². The summed E-state index contributed by atoms with van der Waals surface area (Å²) in [4.78, 5) is 13.3. The van der Waals surface area contributed by atoms with Crippen LogP contribution in [0.2, 0.25) is 0 Å². The van der Waals surface area contributed by atoms with E-state index in [9.17, 15) is 9.90 Å². The van der Waals surface area contributed by atoms with Crippen molar-refractivity contribution < 1.29 is 9.90 Å². The number of phenolic OH excluding ortho intramolecular Hbond substituents is 1. The first-order valence-electron chi connectivity index (χ1n) is 4.98. The number of rotatable bonds is 3. The van der Waals surface area contributed by atoms with Gasteiger partial charge in [-0.2, -0.15) is 5.26 Å². The molecule has 0 bridgehead atoms. The van der Waals surface area contributed by atoms with Crippen LogP contribution in [0.15, 0.2) is 18.2 Å². The molecule has 4 nitrogen and oxygen atoms in total. The quantitative estimate of drug-likeness (QED) is 0.839. The largest absolute Gasteiger partial charge is 0.508 e. The van der Waals surface area contributed by atoms with Crippen molar-refractivity contribution in [1.82, 2.24) is 4.90 Å². The van der Waals surface area contributed by atoms with Crippen LogP contribution >= 0.6 is 0 Å². The maximum atomic E-state index is 11.8. The lowest BCUT2D eigenvalue weighted by Gasteiger charge is -2.15. The first-order chi connectivity index (χ1) is 7.56. The molecular weight excluding hydrogens is 204 g/mol. The van der Waals surface area contributed by atoms with E-state index in [0.717, 1.165) is 0 Å². The normalized spacial score (nSPS) is 9.56. The predicted octanol–water partition coefficient (Wildman–Crippen LogP) is 1.69. The number of aromatic hydroxyl groups is 1. The summed E-state index contributed by atoms with van der Waals surface area (Å²) in [5.41, 5.74) is 1.19. The van der Waals surface area contributed by atoms with E-state index < -0.39 is 0 Å². The van der Waals surface area contributed by atoms with Gasteiger partial charge in [0.1, 0.15) is 5.75 Å². The van der Waals surface area contributed by atoms with Crippen molar-refractivity contribution >= 4 is 5.91 Å². The molecule has 0 aliphatic rings. The van der Waals surface area contributed by atoms with E-state index in [1.165, 1.54) is 11.0 Å². The number of nitriles is 1. The van der Waals surface area contributed by atoms with Gasteiger partial charge in [-0.15, -0.1) is 0 Å². The third kappa shape index (κ3) is 2.74. The molecule has 1 rings (SSSR count). The summed E-state index contributed by atoms with van der Waals surface area (Å²) in [6.45, 7) is 2.15. The Morgan fingerprint density at radius 2 is 2.25 bits per heavy atom. The Morgan fingerprint density at radius 3 is 2.81 bits per heavy atom. The highest BCUT2D eigenvalue weighted by Crippen LogP contribution is 2.17. The molecule has 0 aromatic heterocycles. The average Bonchev–Trinajstić information content (AvgIpc) is 2.28. The van der Waals surface area contributed by atoms with Crippen molar-refractivity contribution in [1.29, 1.82) is 5.26 Å². The average molecular weight is 218 g/mol. The molecule has 0 unspecified atom stereocenters. The number of carbonyl (C=O) groups is 1. The standard InChI is InChI=1S/C12H14N2O2/c1-9-8-10(4-5-11(9)15)12(16)14(2)7-3-6-13/h4-5,8,15H,3,7H2,1-2H3. The number of benzene rings is 1. The second-order valence-corrected chi connectivity index (χ2v) is 3.64. The fraction of sp³-hybridized carbons (Fsp3) is 0.333. The molecule has 0 heterocycles. The Kier molecular flexibility index (Phi) is 3.90. The smallest absolute Gasteiger partial charge is 0.253 e. The van der Waals surface area contributed by atoms with Gasteiger partial charge in [-0.05, 0) is 30.7 Å². The van der Waals surface area contributed by atoms with E-state index >= 15 is 0 Å². The number of hydrogen-bond acceptors (Lipinski definition) is 3. The number of hydrogen-bond donors (Lipinski definition) is 1. The molecule has 1 amide bonds. The van der Waals surface area contributed by atoms with Gasteiger partial charge < -0.3 is 10.0 Å². The molecule has 1 aromatic carbocycles. The summed E-state index contributed by atoms with van der Waals surface area (Å²) in [6, 6.07) is 6.71. The van der Waals surface area contributed by atoms with Crippen LogP contribution in [0.4, 0.5) is 0 Å². The third-order valence-corrected chi connectivity index (χ3v) is 2.35. The monoisotopic (exact) mass is 218 g/mol. The van der Waals surface area contributed by atoms with E-state index in [0.29, 0.717) is 24.1 Å². The highest BCUT2D eigenvalue weighted by atomic mass is 16.3. The van der Waals surface area contributed by atoms with Crippen LogP contribution in [-0.4, -0.2) is 29.5 Å². The summed E-state index contributed by atoms with van der Waals surface area (Å²) in [6.07, 6.45) is 0.319. The second kappa shape index (κ2) is 5.17. The van der Waals surface area contributed by atoms with Crippen molar-refractivity contribution in [2.24, 2.45) is 0 Å². The molecule has 84 valence electrons. The van der Waals surface area contributed by atoms with Crippen LogP contribution < -0.4 is 0 Å². The molecule has 0 aliphatic carbocycles. The van der Waals surface area contributed by atoms with Gasteiger partial charge >= 0.3 is 0 Å². The highest BCUT2D eigenvalue weighted by Gasteiger charge is 2.11. The van der Waals surface area contributed by atoms with Gasteiger partial charge in [-0.25, -0.2) is 0 Å². The molecular formula is C12H14N2O2. The highest BCUT2D eigenvalue weighted by molar-refractivity contribution is 5.94. The molecule has 1 N–H and O–H groups in total. The maximum absolute atomic E-state index is 11.8. The van der Waals surface area contributed by atoms with Crippen LogP contribution in [-0.2, 0) is 0 Å². The minimum Gasteiger partial charge on any atom is -0.508 e. The molecule has 0 saturated heterocycles. The molecule has 0 radical (unpaired) electrons. The van der Waals surface area contributed by atoms with Crippen molar-refractivity contribution in [3.05, 3.63) is 29.3 Å². The van der Waals surface area contributed by atoms with Crippen LogP contribution in [0.25, 0.3) is 0 Å². The lowest BCUT2D eigenvalue weighted by molar-refractivity contribution is 0.0798. The Morgan fingerprint density at radius 1 is 1.56 bits per heavy atom. The van der Waals surface area contributed by atoms with Crippen molar-refractivity contribution in [3.8, 4) is 11.8 Å². The fourth-order valence-corrected chi connectivity index (χ4v) is 1.33. The molecule has 0 saturated carbocycles. The second-order valence-electron chi connectivity index (χ2n) is 3.64. The Balaban J connectivity index is 2.80. The van der Waals surface area contributed by atoms with Gasteiger partial charge in [0, 0.05) is 19.2 Å².